The highest BCUT2D eigenvalue weighted by molar-refractivity contribution is 9.10. The smallest absolute Gasteiger partial charge is 0.407 e. The van der Waals surface area contributed by atoms with Gasteiger partial charge in [-0.2, -0.15) is 0 Å². The number of carbonyl (C=O) groups is 1. The van der Waals surface area contributed by atoms with Crippen molar-refractivity contribution in [3.8, 4) is 0 Å². The molecule has 9 heteroatoms. The second kappa shape index (κ2) is 7.08. The fraction of sp³-hybridized carbons (Fsp3) is 0.118. The third kappa shape index (κ3) is 3.45. The molecule has 0 aliphatic heterocycles. The fourth-order valence-electron chi connectivity index (χ4n) is 2.51. The van der Waals surface area contributed by atoms with E-state index >= 15 is 0 Å². The molecular weight excluding hydrogens is 427 g/mol. The van der Waals surface area contributed by atoms with E-state index in [2.05, 4.69) is 21.2 Å². The molecule has 26 heavy (non-hydrogen) atoms. The normalized spacial score (nSPS) is 11.5. The SMILES string of the molecule is CNC(=O)OCc1cn(S(=O)(=O)c2cccc(F)c2)c2cc(Br)ccc12. The lowest BCUT2D eigenvalue weighted by Gasteiger charge is -2.07. The van der Waals surface area contributed by atoms with Crippen LogP contribution in [0.5, 0.6) is 0 Å². The Bertz CT molecular complexity index is 1100. The molecule has 1 aromatic heterocycles. The van der Waals surface area contributed by atoms with Crippen molar-refractivity contribution in [1.29, 1.82) is 0 Å². The van der Waals surface area contributed by atoms with E-state index in [1.165, 1.54) is 31.4 Å². The summed E-state index contributed by atoms with van der Waals surface area (Å²) in [7, 11) is -2.60. The van der Waals surface area contributed by atoms with Gasteiger partial charge in [-0.25, -0.2) is 21.6 Å². The zero-order valence-electron chi connectivity index (χ0n) is 13.6. The van der Waals surface area contributed by atoms with Crippen molar-refractivity contribution in [2.24, 2.45) is 0 Å². The van der Waals surface area contributed by atoms with Gasteiger partial charge in [0, 0.05) is 28.7 Å². The van der Waals surface area contributed by atoms with Gasteiger partial charge in [-0.3, -0.25) is 0 Å². The molecule has 1 amide bonds. The van der Waals surface area contributed by atoms with Crippen molar-refractivity contribution in [3.05, 3.63) is 64.5 Å². The summed E-state index contributed by atoms with van der Waals surface area (Å²) in [6.45, 7) is -0.108. The highest BCUT2D eigenvalue weighted by atomic mass is 79.9. The molecule has 0 unspecified atom stereocenters. The van der Waals surface area contributed by atoms with E-state index in [1.807, 2.05) is 0 Å². The van der Waals surface area contributed by atoms with Gasteiger partial charge in [0.1, 0.15) is 12.4 Å². The maximum absolute atomic E-state index is 13.5. The van der Waals surface area contributed by atoms with Crippen molar-refractivity contribution in [2.75, 3.05) is 7.05 Å². The standard InChI is InChI=1S/C17H14BrFN2O4S/c1-20-17(22)25-10-11-9-21(16-7-12(18)5-6-15(11)16)26(23,24)14-4-2-3-13(19)8-14/h2-9H,10H2,1H3,(H,20,22). The maximum Gasteiger partial charge on any atom is 0.407 e. The number of benzene rings is 2. The van der Waals surface area contributed by atoms with E-state index in [4.69, 9.17) is 4.74 Å². The van der Waals surface area contributed by atoms with Gasteiger partial charge in [0.15, 0.2) is 0 Å². The lowest BCUT2D eigenvalue weighted by Crippen LogP contribution is -2.18. The molecule has 3 rings (SSSR count). The first-order valence-electron chi connectivity index (χ1n) is 7.48. The van der Waals surface area contributed by atoms with Crippen LogP contribution in [0.25, 0.3) is 10.9 Å². The van der Waals surface area contributed by atoms with E-state index in [9.17, 15) is 17.6 Å². The molecular formula is C17H14BrFN2O4S. The van der Waals surface area contributed by atoms with Gasteiger partial charge >= 0.3 is 6.09 Å². The Labute approximate surface area is 157 Å². The summed E-state index contributed by atoms with van der Waals surface area (Å²) < 4.78 is 46.2. The molecule has 1 N–H and O–H groups in total. The molecule has 3 aromatic rings. The average Bonchev–Trinajstić information content (AvgIpc) is 2.98. The lowest BCUT2D eigenvalue weighted by atomic mass is 10.2. The summed E-state index contributed by atoms with van der Waals surface area (Å²) in [5.74, 6) is -0.646. The third-order valence-corrected chi connectivity index (χ3v) is 5.89. The predicted molar refractivity (Wildman–Crippen MR) is 97.9 cm³/mol. The molecule has 136 valence electrons. The Balaban J connectivity index is 2.16. The summed E-state index contributed by atoms with van der Waals surface area (Å²) in [6.07, 6.45) is 0.747. The van der Waals surface area contributed by atoms with Gasteiger partial charge in [0.25, 0.3) is 10.0 Å². The number of aromatic nitrogens is 1. The van der Waals surface area contributed by atoms with Crippen molar-refractivity contribution >= 4 is 42.9 Å². The summed E-state index contributed by atoms with van der Waals surface area (Å²) >= 11 is 3.32. The number of halogens is 2. The number of hydrogen-bond donors (Lipinski definition) is 1. The Hall–Kier alpha value is -2.39. The number of hydrogen-bond acceptors (Lipinski definition) is 4. The second-order valence-electron chi connectivity index (χ2n) is 5.40. The molecule has 0 saturated heterocycles. The molecule has 0 atom stereocenters. The van der Waals surface area contributed by atoms with Crippen LogP contribution in [-0.4, -0.2) is 25.5 Å². The summed E-state index contributed by atoms with van der Waals surface area (Å²) in [5, 5.41) is 2.93. The molecule has 0 spiro atoms. The molecule has 1 heterocycles. The van der Waals surface area contributed by atoms with Gasteiger partial charge in [-0.1, -0.05) is 28.1 Å². The van der Waals surface area contributed by atoms with Crippen LogP contribution in [0, 0.1) is 5.82 Å². The number of fused-ring (bicyclic) bond motifs is 1. The first kappa shape index (κ1) is 18.4. The van der Waals surface area contributed by atoms with Crippen LogP contribution < -0.4 is 5.32 Å². The van der Waals surface area contributed by atoms with Crippen LogP contribution in [0.3, 0.4) is 0 Å². The van der Waals surface area contributed by atoms with Crippen LogP contribution in [0.1, 0.15) is 5.56 Å². The number of ether oxygens (including phenoxy) is 1. The molecule has 0 fully saturated rings. The summed E-state index contributed by atoms with van der Waals surface area (Å²) in [6, 6.07) is 9.90. The quantitative estimate of drug-likeness (QED) is 0.671. The number of rotatable bonds is 4. The van der Waals surface area contributed by atoms with Gasteiger partial charge in [0.05, 0.1) is 10.4 Å². The topological polar surface area (TPSA) is 77.4 Å². The Kier molecular flexibility index (Phi) is 5.01. The Morgan fingerprint density at radius 3 is 2.73 bits per heavy atom. The average molecular weight is 441 g/mol. The fourth-order valence-corrected chi connectivity index (χ4v) is 4.27. The van der Waals surface area contributed by atoms with E-state index in [1.54, 1.807) is 18.2 Å². The second-order valence-corrected chi connectivity index (χ2v) is 8.13. The number of nitrogens with one attached hydrogen (secondary N) is 1. The van der Waals surface area contributed by atoms with Crippen LogP contribution >= 0.6 is 15.9 Å². The lowest BCUT2D eigenvalue weighted by molar-refractivity contribution is 0.142. The zero-order valence-corrected chi connectivity index (χ0v) is 16.0. The van der Waals surface area contributed by atoms with Crippen molar-refractivity contribution in [3.63, 3.8) is 0 Å². The van der Waals surface area contributed by atoms with Crippen LogP contribution in [-0.2, 0) is 21.4 Å². The molecule has 6 nitrogen and oxygen atoms in total. The van der Waals surface area contributed by atoms with Crippen molar-refractivity contribution in [2.45, 2.75) is 11.5 Å². The van der Waals surface area contributed by atoms with E-state index in [-0.39, 0.29) is 11.5 Å². The molecule has 0 aliphatic carbocycles. The first-order valence-corrected chi connectivity index (χ1v) is 9.71. The number of carbonyl (C=O) groups excluding carboxylic acids is 1. The number of amides is 1. The summed E-state index contributed by atoms with van der Waals surface area (Å²) in [4.78, 5) is 11.2. The number of nitrogens with zero attached hydrogens (tertiary/aromatic N) is 1. The Morgan fingerprint density at radius 1 is 1.27 bits per heavy atom. The van der Waals surface area contributed by atoms with Gasteiger partial charge < -0.3 is 10.1 Å². The monoisotopic (exact) mass is 440 g/mol. The number of alkyl carbamates (subject to hydrolysis) is 1. The Morgan fingerprint density at radius 2 is 2.04 bits per heavy atom. The van der Waals surface area contributed by atoms with E-state index in [0.29, 0.717) is 20.9 Å². The van der Waals surface area contributed by atoms with E-state index in [0.717, 1.165) is 10.0 Å². The predicted octanol–water partition coefficient (Wildman–Crippen LogP) is 3.64. The van der Waals surface area contributed by atoms with Crippen LogP contribution in [0.2, 0.25) is 0 Å². The molecule has 0 radical (unpaired) electrons. The largest absolute Gasteiger partial charge is 0.445 e. The van der Waals surface area contributed by atoms with Crippen molar-refractivity contribution < 1.29 is 22.3 Å². The summed E-state index contributed by atoms with van der Waals surface area (Å²) in [5.41, 5.74) is 0.898. The highest BCUT2D eigenvalue weighted by Gasteiger charge is 2.22. The van der Waals surface area contributed by atoms with Crippen LogP contribution in [0.15, 0.2) is 58.0 Å². The van der Waals surface area contributed by atoms with Gasteiger partial charge in [-0.15, -0.1) is 0 Å². The van der Waals surface area contributed by atoms with Gasteiger partial charge in [-0.05, 0) is 30.3 Å². The molecule has 0 bridgehead atoms. The maximum atomic E-state index is 13.5. The van der Waals surface area contributed by atoms with Crippen LogP contribution in [0.4, 0.5) is 9.18 Å². The molecule has 0 aliphatic rings. The minimum absolute atomic E-state index is 0.108. The highest BCUT2D eigenvalue weighted by Crippen LogP contribution is 2.29. The van der Waals surface area contributed by atoms with Gasteiger partial charge in [0.2, 0.25) is 0 Å². The minimum Gasteiger partial charge on any atom is -0.445 e. The first-order chi connectivity index (χ1) is 12.3. The minimum atomic E-state index is -4.03. The third-order valence-electron chi connectivity index (χ3n) is 3.73. The molecule has 0 saturated carbocycles. The van der Waals surface area contributed by atoms with E-state index < -0.39 is 21.9 Å². The zero-order chi connectivity index (χ0) is 18.9. The molecule has 2 aromatic carbocycles. The van der Waals surface area contributed by atoms with Crippen molar-refractivity contribution in [1.82, 2.24) is 9.29 Å².